The number of azide groups is 1. The molecule has 2 aromatic carbocycles. The summed E-state index contributed by atoms with van der Waals surface area (Å²) in [5.41, 5.74) is 8.82. The van der Waals surface area contributed by atoms with Crippen LogP contribution in [0.3, 0.4) is 0 Å². The van der Waals surface area contributed by atoms with Gasteiger partial charge in [0.15, 0.2) is 0 Å². The number of nitrogens with zero attached hydrogens (tertiary/aromatic N) is 4. The fourth-order valence-corrected chi connectivity index (χ4v) is 4.59. The number of phenols is 1. The molecule has 30 heavy (non-hydrogen) atoms. The lowest BCUT2D eigenvalue weighted by atomic mass is 9.97. The van der Waals surface area contributed by atoms with Gasteiger partial charge in [0, 0.05) is 24.5 Å². The van der Waals surface area contributed by atoms with Gasteiger partial charge in [-0.15, -0.1) is 0 Å². The molecule has 0 radical (unpaired) electrons. The average molecular weight is 434 g/mol. The Bertz CT molecular complexity index is 995. The number of likely N-dealkylation sites (tertiary alicyclic amines) is 1. The highest BCUT2D eigenvalue weighted by Gasteiger charge is 2.20. The van der Waals surface area contributed by atoms with Gasteiger partial charge >= 0.3 is 0 Å². The van der Waals surface area contributed by atoms with Gasteiger partial charge in [-0.25, -0.2) is 17.5 Å². The first-order valence-electron chi connectivity index (χ1n) is 9.71. The Labute approximate surface area is 175 Å². The number of benzene rings is 2. The molecule has 1 heterocycles. The van der Waals surface area contributed by atoms with E-state index >= 15 is 0 Å². The Kier molecular flexibility index (Phi) is 7.28. The van der Waals surface area contributed by atoms with Crippen LogP contribution in [-0.2, 0) is 10.0 Å². The summed E-state index contributed by atoms with van der Waals surface area (Å²) in [6, 6.07) is 9.75. The van der Waals surface area contributed by atoms with Gasteiger partial charge in [0.25, 0.3) is 0 Å². The van der Waals surface area contributed by atoms with Crippen molar-refractivity contribution in [1.82, 2.24) is 9.62 Å². The molecular formula is C20H24FN5O3S. The van der Waals surface area contributed by atoms with Crippen LogP contribution >= 0.6 is 0 Å². The smallest absolute Gasteiger partial charge is 0.240 e. The summed E-state index contributed by atoms with van der Waals surface area (Å²) in [6.07, 6.45) is 1.85. The van der Waals surface area contributed by atoms with Crippen molar-refractivity contribution < 1.29 is 17.9 Å². The predicted octanol–water partition coefficient (Wildman–Crippen LogP) is 3.50. The predicted molar refractivity (Wildman–Crippen MR) is 112 cm³/mol. The summed E-state index contributed by atoms with van der Waals surface area (Å²) in [6.45, 7) is 3.06. The Morgan fingerprint density at radius 1 is 1.20 bits per heavy atom. The zero-order valence-corrected chi connectivity index (χ0v) is 17.2. The highest BCUT2D eigenvalue weighted by molar-refractivity contribution is 7.89. The topological polar surface area (TPSA) is 118 Å². The van der Waals surface area contributed by atoms with E-state index in [4.69, 9.17) is 5.53 Å². The van der Waals surface area contributed by atoms with Crippen LogP contribution in [0.4, 0.5) is 4.39 Å². The first-order valence-corrected chi connectivity index (χ1v) is 11.2. The van der Waals surface area contributed by atoms with E-state index in [1.54, 1.807) is 0 Å². The summed E-state index contributed by atoms with van der Waals surface area (Å²) in [7, 11) is -3.69. The van der Waals surface area contributed by atoms with Crippen LogP contribution in [0.1, 0.15) is 12.8 Å². The van der Waals surface area contributed by atoms with Crippen molar-refractivity contribution in [2.75, 3.05) is 32.7 Å². The first-order chi connectivity index (χ1) is 14.4. The van der Waals surface area contributed by atoms with Gasteiger partial charge in [-0.3, -0.25) is 0 Å². The molecule has 1 saturated heterocycles. The lowest BCUT2D eigenvalue weighted by molar-refractivity contribution is 0.190. The summed E-state index contributed by atoms with van der Waals surface area (Å²) < 4.78 is 41.6. The molecule has 0 saturated carbocycles. The maximum absolute atomic E-state index is 14.0. The Hall–Kier alpha value is -2.65. The van der Waals surface area contributed by atoms with Crippen molar-refractivity contribution in [1.29, 1.82) is 0 Å². The number of hydrogen-bond acceptors (Lipinski definition) is 5. The zero-order chi connectivity index (χ0) is 21.6. The molecule has 10 heteroatoms. The van der Waals surface area contributed by atoms with Gasteiger partial charge in [-0.05, 0) is 67.2 Å². The SMILES string of the molecule is [N-]=[N+]=NCC1CCN(CCNS(=O)(=O)c2ccc(-c3c(O)cccc3F)cc2)CC1. The second-order valence-corrected chi connectivity index (χ2v) is 9.02. The standard InChI is InChI=1S/C20H24FN5O3S/c21-18-2-1-3-19(27)20(18)16-4-6-17(7-5-16)30(28,29)24-10-13-26-11-8-15(9-12-26)14-23-25-22/h1-7,15,24,27H,8-14H2. The highest BCUT2D eigenvalue weighted by Crippen LogP contribution is 2.32. The number of rotatable bonds is 8. The molecule has 0 bridgehead atoms. The molecule has 2 aromatic rings. The molecule has 8 nitrogen and oxygen atoms in total. The molecule has 3 rings (SSSR count). The van der Waals surface area contributed by atoms with Crippen LogP contribution in [0.15, 0.2) is 52.5 Å². The average Bonchev–Trinajstić information content (AvgIpc) is 2.73. The summed E-state index contributed by atoms with van der Waals surface area (Å²) >= 11 is 0. The quantitative estimate of drug-likeness (QED) is 0.376. The fourth-order valence-electron chi connectivity index (χ4n) is 3.57. The third-order valence-electron chi connectivity index (χ3n) is 5.28. The van der Waals surface area contributed by atoms with Crippen LogP contribution in [0.2, 0.25) is 0 Å². The summed E-state index contributed by atoms with van der Waals surface area (Å²) in [4.78, 5) is 5.05. The van der Waals surface area contributed by atoms with Crippen molar-refractivity contribution in [3.63, 3.8) is 0 Å². The van der Waals surface area contributed by atoms with E-state index in [1.807, 2.05) is 0 Å². The minimum Gasteiger partial charge on any atom is -0.507 e. The number of aromatic hydroxyl groups is 1. The highest BCUT2D eigenvalue weighted by atomic mass is 32.2. The van der Waals surface area contributed by atoms with E-state index in [2.05, 4.69) is 19.6 Å². The second kappa shape index (κ2) is 9.90. The number of halogens is 1. The van der Waals surface area contributed by atoms with Gasteiger partial charge in [-0.1, -0.05) is 23.3 Å². The van der Waals surface area contributed by atoms with Crippen molar-refractivity contribution in [2.24, 2.45) is 11.0 Å². The molecule has 0 unspecified atom stereocenters. The Morgan fingerprint density at radius 3 is 2.53 bits per heavy atom. The summed E-state index contributed by atoms with van der Waals surface area (Å²) in [5.74, 6) is -0.389. The third kappa shape index (κ3) is 5.48. The van der Waals surface area contributed by atoms with E-state index in [-0.39, 0.29) is 22.8 Å². The number of phenolic OH excluding ortho intramolecular Hbond substituents is 1. The molecule has 1 aliphatic heterocycles. The van der Waals surface area contributed by atoms with Gasteiger partial charge in [0.05, 0.1) is 10.5 Å². The van der Waals surface area contributed by atoms with Crippen molar-refractivity contribution in [3.8, 4) is 16.9 Å². The van der Waals surface area contributed by atoms with E-state index in [0.29, 0.717) is 24.6 Å². The molecule has 0 aliphatic carbocycles. The van der Waals surface area contributed by atoms with E-state index in [9.17, 15) is 17.9 Å². The minimum absolute atomic E-state index is 0.0401. The summed E-state index contributed by atoms with van der Waals surface area (Å²) in [5, 5.41) is 13.5. The zero-order valence-electron chi connectivity index (χ0n) is 16.4. The number of piperidine rings is 1. The van der Waals surface area contributed by atoms with Crippen molar-refractivity contribution in [3.05, 3.63) is 58.7 Å². The number of hydrogen-bond donors (Lipinski definition) is 2. The number of nitrogens with one attached hydrogen (secondary N) is 1. The normalized spacial score (nSPS) is 15.6. The van der Waals surface area contributed by atoms with Crippen LogP contribution in [0, 0.1) is 11.7 Å². The number of sulfonamides is 1. The van der Waals surface area contributed by atoms with Crippen LogP contribution in [0.25, 0.3) is 21.6 Å². The Balaban J connectivity index is 1.54. The van der Waals surface area contributed by atoms with Crippen LogP contribution in [-0.4, -0.2) is 51.1 Å². The molecule has 0 amide bonds. The first kappa shape index (κ1) is 22.0. The van der Waals surface area contributed by atoms with Gasteiger partial charge in [-0.2, -0.15) is 0 Å². The van der Waals surface area contributed by atoms with Crippen LogP contribution in [0.5, 0.6) is 5.75 Å². The molecule has 0 spiro atoms. The fraction of sp³-hybridized carbons (Fsp3) is 0.400. The van der Waals surface area contributed by atoms with Crippen molar-refractivity contribution in [2.45, 2.75) is 17.7 Å². The molecule has 0 atom stereocenters. The molecule has 1 fully saturated rings. The maximum Gasteiger partial charge on any atom is 0.240 e. The minimum atomic E-state index is -3.69. The van der Waals surface area contributed by atoms with E-state index in [0.717, 1.165) is 25.9 Å². The monoisotopic (exact) mass is 433 g/mol. The molecule has 160 valence electrons. The lowest BCUT2D eigenvalue weighted by Gasteiger charge is -2.31. The second-order valence-electron chi connectivity index (χ2n) is 7.25. The van der Waals surface area contributed by atoms with Gasteiger partial charge < -0.3 is 10.0 Å². The maximum atomic E-state index is 14.0. The molecule has 1 aliphatic rings. The molecular weight excluding hydrogens is 409 g/mol. The largest absolute Gasteiger partial charge is 0.507 e. The molecule has 2 N–H and O–H groups in total. The van der Waals surface area contributed by atoms with Gasteiger partial charge in [0.1, 0.15) is 11.6 Å². The third-order valence-corrected chi connectivity index (χ3v) is 6.75. The van der Waals surface area contributed by atoms with Gasteiger partial charge in [0.2, 0.25) is 10.0 Å². The van der Waals surface area contributed by atoms with Crippen LogP contribution < -0.4 is 4.72 Å². The van der Waals surface area contributed by atoms with E-state index in [1.165, 1.54) is 42.5 Å². The Morgan fingerprint density at radius 2 is 1.90 bits per heavy atom. The van der Waals surface area contributed by atoms with Crippen molar-refractivity contribution >= 4 is 10.0 Å². The van der Waals surface area contributed by atoms with E-state index < -0.39 is 15.8 Å². The lowest BCUT2D eigenvalue weighted by Crippen LogP contribution is -2.40. The molecule has 0 aromatic heterocycles.